The molecule has 2 N–H and O–H groups in total. The molecule has 0 heterocycles. The summed E-state index contributed by atoms with van der Waals surface area (Å²) in [5.74, 6) is 0.0969. The van der Waals surface area contributed by atoms with Crippen molar-refractivity contribution in [3.8, 4) is 11.5 Å². The van der Waals surface area contributed by atoms with Gasteiger partial charge in [-0.05, 0) is 53.2 Å². The molecule has 24 heavy (non-hydrogen) atoms. The number of rotatable bonds is 5. The number of benzene rings is 2. The van der Waals surface area contributed by atoms with Crippen LogP contribution in [0.25, 0.3) is 0 Å². The lowest BCUT2D eigenvalue weighted by atomic mass is 10.2. The summed E-state index contributed by atoms with van der Waals surface area (Å²) in [4.78, 5) is 12.3. The fraction of sp³-hybridized carbons (Fsp3) is 0.125. The minimum Gasteiger partial charge on any atom is -0.506 e. The number of phenols is 1. The van der Waals surface area contributed by atoms with E-state index in [9.17, 15) is 9.90 Å². The number of hydrogen-bond donors (Lipinski definition) is 2. The summed E-state index contributed by atoms with van der Waals surface area (Å²) < 4.78 is 7.49. The van der Waals surface area contributed by atoms with Gasteiger partial charge < -0.3 is 9.84 Å². The van der Waals surface area contributed by atoms with E-state index in [-0.39, 0.29) is 5.75 Å². The van der Waals surface area contributed by atoms with Gasteiger partial charge in [0.25, 0.3) is 5.91 Å². The molecule has 0 fully saturated rings. The zero-order chi connectivity index (χ0) is 17.7. The second-order valence-corrected chi connectivity index (χ2v) is 7.28. The Morgan fingerprint density at radius 2 is 2.00 bits per heavy atom. The molecule has 2 aromatic rings. The van der Waals surface area contributed by atoms with E-state index in [0.29, 0.717) is 28.0 Å². The molecule has 0 radical (unpaired) electrons. The van der Waals surface area contributed by atoms with Crippen LogP contribution in [0.1, 0.15) is 22.8 Å². The second-order valence-electron chi connectivity index (χ2n) is 4.60. The molecule has 0 saturated carbocycles. The maximum Gasteiger partial charge on any atom is 0.275 e. The number of phenolic OH excluding ortho intramolecular Hbond substituents is 1. The third-order valence-corrected chi connectivity index (χ3v) is 4.47. The van der Waals surface area contributed by atoms with E-state index < -0.39 is 5.91 Å². The van der Waals surface area contributed by atoms with Crippen LogP contribution in [0, 0.1) is 0 Å². The van der Waals surface area contributed by atoms with E-state index in [2.05, 4.69) is 58.3 Å². The van der Waals surface area contributed by atoms with Crippen molar-refractivity contribution in [3.63, 3.8) is 0 Å². The zero-order valence-corrected chi connectivity index (χ0v) is 17.3. The van der Waals surface area contributed by atoms with Crippen LogP contribution in [-0.4, -0.2) is 23.8 Å². The van der Waals surface area contributed by atoms with Crippen LogP contribution in [0.5, 0.6) is 11.5 Å². The van der Waals surface area contributed by atoms with Crippen molar-refractivity contribution in [2.75, 3.05) is 6.61 Å². The Balaban J connectivity index is 2.18. The molecule has 0 aliphatic rings. The van der Waals surface area contributed by atoms with Gasteiger partial charge in [0.05, 0.1) is 22.9 Å². The lowest BCUT2D eigenvalue weighted by Gasteiger charge is -2.09. The Morgan fingerprint density at radius 3 is 2.71 bits per heavy atom. The van der Waals surface area contributed by atoms with Crippen LogP contribution in [-0.2, 0) is 0 Å². The molecular weight excluding hydrogens is 508 g/mol. The SMILES string of the molecule is CCOc1ccc(Br)cc1C(=O)N/N=C/c1cc(Br)cc(Br)c1O. The zero-order valence-electron chi connectivity index (χ0n) is 12.5. The van der Waals surface area contributed by atoms with Crippen molar-refractivity contribution in [3.05, 3.63) is 54.9 Å². The molecule has 0 bridgehead atoms. The van der Waals surface area contributed by atoms with Gasteiger partial charge in [0.1, 0.15) is 11.5 Å². The summed E-state index contributed by atoms with van der Waals surface area (Å²) in [5, 5.41) is 13.9. The van der Waals surface area contributed by atoms with Gasteiger partial charge in [-0.25, -0.2) is 5.43 Å². The molecule has 0 saturated heterocycles. The van der Waals surface area contributed by atoms with Crippen LogP contribution < -0.4 is 10.2 Å². The van der Waals surface area contributed by atoms with Gasteiger partial charge in [-0.2, -0.15) is 5.10 Å². The van der Waals surface area contributed by atoms with Crippen LogP contribution in [0.15, 0.2) is 48.9 Å². The summed E-state index contributed by atoms with van der Waals surface area (Å²) in [6.45, 7) is 2.29. The highest BCUT2D eigenvalue weighted by atomic mass is 79.9. The van der Waals surface area contributed by atoms with Crippen molar-refractivity contribution in [1.29, 1.82) is 0 Å². The topological polar surface area (TPSA) is 70.9 Å². The van der Waals surface area contributed by atoms with Crippen LogP contribution in [0.4, 0.5) is 0 Å². The summed E-state index contributed by atoms with van der Waals surface area (Å²) in [5.41, 5.74) is 3.25. The first-order valence-corrected chi connectivity index (χ1v) is 9.24. The molecule has 0 aliphatic carbocycles. The lowest BCUT2D eigenvalue weighted by molar-refractivity contribution is 0.0951. The van der Waals surface area contributed by atoms with Gasteiger partial charge in [-0.15, -0.1) is 0 Å². The smallest absolute Gasteiger partial charge is 0.275 e. The van der Waals surface area contributed by atoms with Gasteiger partial charge in [-0.1, -0.05) is 31.9 Å². The van der Waals surface area contributed by atoms with Crippen LogP contribution in [0.2, 0.25) is 0 Å². The maximum absolute atomic E-state index is 12.3. The van der Waals surface area contributed by atoms with Crippen molar-refractivity contribution in [2.24, 2.45) is 5.10 Å². The molecule has 2 aromatic carbocycles. The molecule has 1 amide bonds. The largest absolute Gasteiger partial charge is 0.506 e. The number of hydrogen-bond acceptors (Lipinski definition) is 4. The van der Waals surface area contributed by atoms with E-state index in [0.717, 1.165) is 8.95 Å². The summed E-state index contributed by atoms with van der Waals surface area (Å²) in [6, 6.07) is 8.55. The summed E-state index contributed by atoms with van der Waals surface area (Å²) in [6.07, 6.45) is 1.36. The maximum atomic E-state index is 12.3. The van der Waals surface area contributed by atoms with Gasteiger partial charge in [-0.3, -0.25) is 4.79 Å². The highest BCUT2D eigenvalue weighted by molar-refractivity contribution is 9.11. The lowest BCUT2D eigenvalue weighted by Crippen LogP contribution is -2.18. The molecule has 0 unspecified atom stereocenters. The van der Waals surface area contributed by atoms with E-state index >= 15 is 0 Å². The summed E-state index contributed by atoms with van der Waals surface area (Å²) >= 11 is 9.89. The number of amides is 1. The third kappa shape index (κ3) is 4.81. The van der Waals surface area contributed by atoms with Gasteiger partial charge in [0, 0.05) is 14.5 Å². The van der Waals surface area contributed by atoms with Crippen molar-refractivity contribution < 1.29 is 14.6 Å². The minimum absolute atomic E-state index is 0.0358. The number of aromatic hydroxyl groups is 1. The Kier molecular flexibility index (Phi) is 6.82. The number of nitrogens with zero attached hydrogens (tertiary/aromatic N) is 1. The molecule has 0 aliphatic heterocycles. The first-order chi connectivity index (χ1) is 11.4. The normalized spacial score (nSPS) is 10.8. The Hall–Kier alpha value is -1.38. The number of hydrazone groups is 1. The number of halogens is 3. The molecule has 5 nitrogen and oxygen atoms in total. The monoisotopic (exact) mass is 518 g/mol. The average Bonchev–Trinajstić information content (AvgIpc) is 2.53. The molecule has 0 aromatic heterocycles. The number of carbonyl (C=O) groups is 1. The van der Waals surface area contributed by atoms with E-state index in [1.54, 1.807) is 30.3 Å². The molecule has 126 valence electrons. The first-order valence-electron chi connectivity index (χ1n) is 6.86. The fourth-order valence-electron chi connectivity index (χ4n) is 1.87. The summed E-state index contributed by atoms with van der Waals surface area (Å²) in [7, 11) is 0. The minimum atomic E-state index is -0.412. The van der Waals surface area contributed by atoms with Crippen LogP contribution >= 0.6 is 47.8 Å². The Bertz CT molecular complexity index is 794. The van der Waals surface area contributed by atoms with Gasteiger partial charge >= 0.3 is 0 Å². The molecular formula is C16H13Br3N2O3. The number of ether oxygens (including phenoxy) is 1. The quantitative estimate of drug-likeness (QED) is 0.438. The predicted molar refractivity (Wildman–Crippen MR) is 104 cm³/mol. The molecule has 0 atom stereocenters. The highest BCUT2D eigenvalue weighted by Crippen LogP contribution is 2.30. The standard InChI is InChI=1S/C16H13Br3N2O3/c1-2-24-14-4-3-10(17)6-12(14)16(23)21-20-8-9-5-11(18)7-13(19)15(9)22/h3-8,22H,2H2,1H3,(H,21,23)/b20-8+. The second kappa shape index (κ2) is 8.64. The van der Waals surface area contributed by atoms with E-state index in [1.807, 2.05) is 6.92 Å². The first kappa shape index (κ1) is 19.0. The van der Waals surface area contributed by atoms with E-state index in [4.69, 9.17) is 4.74 Å². The van der Waals surface area contributed by atoms with Crippen molar-refractivity contribution in [2.45, 2.75) is 6.92 Å². The third-order valence-electron chi connectivity index (χ3n) is 2.91. The number of nitrogens with one attached hydrogen (secondary N) is 1. The van der Waals surface area contributed by atoms with Crippen molar-refractivity contribution >= 4 is 59.9 Å². The molecule has 8 heteroatoms. The Morgan fingerprint density at radius 1 is 1.25 bits per heavy atom. The fourth-order valence-corrected chi connectivity index (χ4v) is 3.49. The number of carbonyl (C=O) groups excluding carboxylic acids is 1. The van der Waals surface area contributed by atoms with Crippen molar-refractivity contribution in [1.82, 2.24) is 5.43 Å². The molecule has 0 spiro atoms. The Labute approximate surface area is 164 Å². The highest BCUT2D eigenvalue weighted by Gasteiger charge is 2.13. The van der Waals surface area contributed by atoms with Gasteiger partial charge in [0.15, 0.2) is 0 Å². The predicted octanol–water partition coefficient (Wildman–Crippen LogP) is 4.84. The molecule has 2 rings (SSSR count). The van der Waals surface area contributed by atoms with E-state index in [1.165, 1.54) is 6.21 Å². The van der Waals surface area contributed by atoms with Crippen LogP contribution in [0.3, 0.4) is 0 Å². The average molecular weight is 521 g/mol. The van der Waals surface area contributed by atoms with Gasteiger partial charge in [0.2, 0.25) is 0 Å².